The van der Waals surface area contributed by atoms with Crippen LogP contribution in [0.5, 0.6) is 0 Å². The van der Waals surface area contributed by atoms with Gasteiger partial charge in [0.05, 0.1) is 34.2 Å². The van der Waals surface area contributed by atoms with Crippen molar-refractivity contribution in [3.8, 4) is 32.8 Å². The van der Waals surface area contributed by atoms with Gasteiger partial charge in [-0.25, -0.2) is 9.97 Å². The normalized spacial score (nSPS) is 14.0. The van der Waals surface area contributed by atoms with E-state index >= 15 is 0 Å². The number of aromatic amines is 1. The van der Waals surface area contributed by atoms with Crippen molar-refractivity contribution < 1.29 is 0 Å². The van der Waals surface area contributed by atoms with Gasteiger partial charge in [0.2, 0.25) is 0 Å². The molecule has 34 heavy (non-hydrogen) atoms. The first-order valence-corrected chi connectivity index (χ1v) is 11.5. The van der Waals surface area contributed by atoms with Crippen molar-refractivity contribution in [2.24, 2.45) is 0 Å². The number of aromatic nitrogens is 6. The molecule has 0 atom stereocenters. The summed E-state index contributed by atoms with van der Waals surface area (Å²) in [4.78, 5) is 9.35. The lowest BCUT2D eigenvalue weighted by atomic mass is 10.1. The third-order valence-corrected chi connectivity index (χ3v) is 7.13. The van der Waals surface area contributed by atoms with Crippen molar-refractivity contribution in [1.82, 2.24) is 35.3 Å². The number of nitrogens with two attached hydrogens (primary N) is 1. The Balaban J connectivity index is 0.00000137. The molecule has 1 aliphatic rings. The number of hydrogen-bond donors (Lipinski definition) is 3. The number of rotatable bonds is 4. The van der Waals surface area contributed by atoms with Crippen LogP contribution in [0.4, 0.5) is 5.82 Å². The Morgan fingerprint density at radius 1 is 1.00 bits per heavy atom. The van der Waals surface area contributed by atoms with E-state index in [0.717, 1.165) is 69.0 Å². The highest BCUT2D eigenvalue weighted by molar-refractivity contribution is 7.22. The monoisotopic (exact) mass is 514 g/mol. The smallest absolute Gasteiger partial charge is 0.133 e. The van der Waals surface area contributed by atoms with Crippen LogP contribution in [0.1, 0.15) is 18.9 Å². The molecule has 1 aromatic carbocycles. The minimum atomic E-state index is 0. The van der Waals surface area contributed by atoms with Gasteiger partial charge in [-0.05, 0) is 38.1 Å². The zero-order valence-corrected chi connectivity index (χ0v) is 20.6. The Morgan fingerprint density at radius 2 is 1.85 bits per heavy atom. The number of halogens is 2. The first kappa shape index (κ1) is 24.2. The van der Waals surface area contributed by atoms with Crippen molar-refractivity contribution in [2.45, 2.75) is 18.9 Å². The lowest BCUT2D eigenvalue weighted by molar-refractivity contribution is 0.343. The summed E-state index contributed by atoms with van der Waals surface area (Å²) < 4.78 is 3.19. The third kappa shape index (κ3) is 4.39. The number of anilines is 1. The second kappa shape index (κ2) is 10.1. The number of hydrogen-bond acceptors (Lipinski definition) is 7. The Hall–Kier alpha value is -2.98. The molecule has 0 radical (unpaired) electrons. The molecule has 0 amide bonds. The van der Waals surface area contributed by atoms with Crippen LogP contribution >= 0.6 is 36.2 Å². The molecule has 0 bridgehead atoms. The van der Waals surface area contributed by atoms with E-state index in [4.69, 9.17) is 10.7 Å². The average Bonchev–Trinajstić information content (AvgIpc) is 3.60. The molecule has 4 N–H and O–H groups in total. The maximum Gasteiger partial charge on any atom is 0.133 e. The van der Waals surface area contributed by atoms with E-state index in [1.807, 2.05) is 36.9 Å². The largest absolute Gasteiger partial charge is 0.383 e. The van der Waals surface area contributed by atoms with Crippen molar-refractivity contribution in [2.75, 3.05) is 18.8 Å². The van der Waals surface area contributed by atoms with Crippen LogP contribution in [0.25, 0.3) is 43.0 Å². The number of nitrogen functional groups attached to an aromatic ring is 1. The number of benzene rings is 1. The second-order valence-electron chi connectivity index (χ2n) is 8.01. The van der Waals surface area contributed by atoms with Crippen LogP contribution in [-0.2, 0) is 0 Å². The van der Waals surface area contributed by atoms with E-state index in [0.29, 0.717) is 11.9 Å². The van der Waals surface area contributed by atoms with Crippen LogP contribution in [-0.4, -0.2) is 43.0 Å². The van der Waals surface area contributed by atoms with Crippen LogP contribution in [0.2, 0.25) is 0 Å². The molecule has 1 fully saturated rings. The predicted molar refractivity (Wildman–Crippen MR) is 142 cm³/mol. The number of nitrogens with one attached hydrogen (secondary N) is 2. The van der Waals surface area contributed by atoms with Gasteiger partial charge in [0.1, 0.15) is 10.8 Å². The molecule has 4 aromatic heterocycles. The van der Waals surface area contributed by atoms with Crippen LogP contribution in [0.3, 0.4) is 0 Å². The van der Waals surface area contributed by atoms with E-state index in [1.165, 1.54) is 0 Å². The summed E-state index contributed by atoms with van der Waals surface area (Å²) >= 11 is 1.62. The highest BCUT2D eigenvalue weighted by Gasteiger charge is 2.18. The van der Waals surface area contributed by atoms with Crippen LogP contribution < -0.4 is 11.1 Å². The summed E-state index contributed by atoms with van der Waals surface area (Å²) in [6.45, 7) is 2.07. The standard InChI is InChI=1S/C23H22N8S.2ClH/c24-22-19(23-30-20-3-1-2-18(21(20)32-23)15-10-27-28-11-15)8-14(9-26-22)16-12-29-31(13-16)17-4-6-25-7-5-17;;/h1-3,8-13,17,25H,4-7H2,(H2,24,26)(H,27,28);2*1H. The number of pyridine rings is 1. The summed E-state index contributed by atoms with van der Waals surface area (Å²) in [5.41, 5.74) is 12.2. The summed E-state index contributed by atoms with van der Waals surface area (Å²) in [7, 11) is 0. The Labute approximate surface area is 212 Å². The summed E-state index contributed by atoms with van der Waals surface area (Å²) in [6, 6.07) is 8.64. The number of piperidine rings is 1. The fourth-order valence-corrected chi connectivity index (χ4v) is 5.38. The Kier molecular flexibility index (Phi) is 7.18. The molecule has 5 aromatic rings. The van der Waals surface area contributed by atoms with Crippen LogP contribution in [0, 0.1) is 0 Å². The molecule has 8 nitrogen and oxygen atoms in total. The van der Waals surface area contributed by atoms with E-state index in [-0.39, 0.29) is 24.8 Å². The molecule has 176 valence electrons. The fourth-order valence-electron chi connectivity index (χ4n) is 4.25. The molecule has 0 saturated carbocycles. The van der Waals surface area contributed by atoms with Gasteiger partial charge in [-0.1, -0.05) is 12.1 Å². The predicted octanol–water partition coefficient (Wildman–Crippen LogP) is 4.96. The van der Waals surface area contributed by atoms with Crippen molar-refractivity contribution in [3.05, 3.63) is 55.2 Å². The average molecular weight is 515 g/mol. The maximum atomic E-state index is 6.29. The minimum absolute atomic E-state index is 0. The molecule has 5 heterocycles. The Morgan fingerprint density at radius 3 is 2.65 bits per heavy atom. The zero-order valence-electron chi connectivity index (χ0n) is 18.1. The molecule has 11 heteroatoms. The van der Waals surface area contributed by atoms with Crippen molar-refractivity contribution in [3.63, 3.8) is 0 Å². The molecule has 0 aliphatic carbocycles. The highest BCUT2D eigenvalue weighted by atomic mass is 35.5. The van der Waals surface area contributed by atoms with E-state index < -0.39 is 0 Å². The fraction of sp³-hybridized carbons (Fsp3) is 0.217. The number of fused-ring (bicyclic) bond motifs is 1. The van der Waals surface area contributed by atoms with Gasteiger partial charge >= 0.3 is 0 Å². The van der Waals surface area contributed by atoms with Gasteiger partial charge in [0.25, 0.3) is 0 Å². The summed E-state index contributed by atoms with van der Waals surface area (Å²) in [5, 5.41) is 15.8. The third-order valence-electron chi connectivity index (χ3n) is 5.99. The van der Waals surface area contributed by atoms with Gasteiger partial charge in [-0.2, -0.15) is 10.2 Å². The van der Waals surface area contributed by atoms with E-state index in [9.17, 15) is 0 Å². The molecule has 6 rings (SSSR count). The van der Waals surface area contributed by atoms with Gasteiger partial charge in [-0.15, -0.1) is 36.2 Å². The SMILES string of the molecule is Cl.Cl.Nc1ncc(-c2cnn(C3CCNCC3)c2)cc1-c1nc2cccc(-c3cn[nH]c3)c2s1. The molecule has 1 aliphatic heterocycles. The second-order valence-corrected chi connectivity index (χ2v) is 9.01. The van der Waals surface area contributed by atoms with Crippen molar-refractivity contribution in [1.29, 1.82) is 0 Å². The summed E-state index contributed by atoms with van der Waals surface area (Å²) in [5.74, 6) is 0.475. The molecular weight excluding hydrogens is 491 g/mol. The van der Waals surface area contributed by atoms with E-state index in [1.54, 1.807) is 11.3 Å². The summed E-state index contributed by atoms with van der Waals surface area (Å²) in [6.07, 6.45) is 11.7. The van der Waals surface area contributed by atoms with Crippen LogP contribution in [0.15, 0.2) is 55.2 Å². The lowest BCUT2D eigenvalue weighted by Gasteiger charge is -2.22. The quantitative estimate of drug-likeness (QED) is 0.312. The van der Waals surface area contributed by atoms with Crippen molar-refractivity contribution >= 4 is 52.2 Å². The number of thiazole rings is 1. The number of nitrogens with zero attached hydrogens (tertiary/aromatic N) is 5. The highest BCUT2D eigenvalue weighted by Crippen LogP contribution is 2.39. The van der Waals surface area contributed by atoms with Gasteiger partial charge in [0, 0.05) is 40.8 Å². The topological polar surface area (TPSA) is 110 Å². The Bertz CT molecular complexity index is 1390. The van der Waals surface area contributed by atoms with Gasteiger partial charge in [-0.3, -0.25) is 9.78 Å². The van der Waals surface area contributed by atoms with Gasteiger partial charge in [0.15, 0.2) is 0 Å². The first-order valence-electron chi connectivity index (χ1n) is 10.7. The molecule has 0 spiro atoms. The van der Waals surface area contributed by atoms with Gasteiger partial charge < -0.3 is 11.1 Å². The lowest BCUT2D eigenvalue weighted by Crippen LogP contribution is -2.29. The molecule has 1 saturated heterocycles. The zero-order chi connectivity index (χ0) is 21.5. The molecular formula is C23H24Cl2N8S. The maximum absolute atomic E-state index is 6.29. The first-order chi connectivity index (χ1) is 15.8. The van der Waals surface area contributed by atoms with E-state index in [2.05, 4.69) is 48.6 Å². The molecule has 0 unspecified atom stereocenters. The number of H-pyrrole nitrogens is 1. The minimum Gasteiger partial charge on any atom is -0.383 e.